The fraction of sp³-hybridized carbons (Fsp3) is 0.692. The van der Waals surface area contributed by atoms with Crippen molar-refractivity contribution in [2.75, 3.05) is 12.3 Å². The lowest BCUT2D eigenvalue weighted by atomic mass is 10.2. The van der Waals surface area contributed by atoms with Crippen LogP contribution < -0.4 is 5.32 Å². The summed E-state index contributed by atoms with van der Waals surface area (Å²) in [5.74, 6) is 2.18. The Morgan fingerprint density at radius 2 is 2.28 bits per heavy atom. The van der Waals surface area contributed by atoms with Crippen LogP contribution in [0.3, 0.4) is 0 Å². The summed E-state index contributed by atoms with van der Waals surface area (Å²) in [6.45, 7) is 4.57. The molecule has 1 aliphatic rings. The summed E-state index contributed by atoms with van der Waals surface area (Å²) in [5, 5.41) is 3.04. The van der Waals surface area contributed by atoms with E-state index in [1.54, 1.807) is 0 Å². The molecule has 5 heteroatoms. The Morgan fingerprint density at radius 1 is 1.50 bits per heavy atom. The third kappa shape index (κ3) is 2.95. The van der Waals surface area contributed by atoms with E-state index >= 15 is 0 Å². The Hall–Kier alpha value is -0.810. The van der Waals surface area contributed by atoms with Crippen LogP contribution in [0.4, 0.5) is 0 Å². The van der Waals surface area contributed by atoms with E-state index in [0.717, 1.165) is 30.8 Å². The second kappa shape index (κ2) is 5.45. The molecule has 2 heterocycles. The maximum atomic E-state index is 11.7. The molecule has 1 aromatic heterocycles. The number of furan rings is 1. The smallest absolute Gasteiger partial charge is 0.154 e. The van der Waals surface area contributed by atoms with Gasteiger partial charge in [-0.2, -0.15) is 0 Å². The summed E-state index contributed by atoms with van der Waals surface area (Å²) in [5.41, 5.74) is 0. The van der Waals surface area contributed by atoms with Crippen molar-refractivity contribution >= 4 is 9.84 Å². The minimum atomic E-state index is -2.86. The second-order valence-corrected chi connectivity index (χ2v) is 7.32. The third-order valence-electron chi connectivity index (χ3n) is 3.57. The van der Waals surface area contributed by atoms with Gasteiger partial charge in [0, 0.05) is 13.0 Å². The number of sulfone groups is 1. The highest BCUT2D eigenvalue weighted by atomic mass is 32.2. The van der Waals surface area contributed by atoms with Crippen LogP contribution in [0.15, 0.2) is 16.5 Å². The zero-order valence-corrected chi connectivity index (χ0v) is 11.8. The highest BCUT2D eigenvalue weighted by molar-refractivity contribution is 7.92. The molecule has 0 bridgehead atoms. The van der Waals surface area contributed by atoms with Gasteiger partial charge in [0.2, 0.25) is 0 Å². The van der Waals surface area contributed by atoms with Gasteiger partial charge in [-0.1, -0.05) is 6.92 Å². The van der Waals surface area contributed by atoms with Crippen molar-refractivity contribution in [2.45, 2.75) is 44.4 Å². The van der Waals surface area contributed by atoms with Crippen molar-refractivity contribution in [3.8, 4) is 0 Å². The quantitative estimate of drug-likeness (QED) is 0.890. The third-order valence-corrected chi connectivity index (χ3v) is 5.85. The van der Waals surface area contributed by atoms with Gasteiger partial charge in [0.1, 0.15) is 11.5 Å². The molecule has 0 aliphatic carbocycles. The van der Waals surface area contributed by atoms with E-state index in [1.165, 1.54) is 0 Å². The van der Waals surface area contributed by atoms with Crippen molar-refractivity contribution in [3.05, 3.63) is 23.7 Å². The molecular weight excluding hydrogens is 250 g/mol. The van der Waals surface area contributed by atoms with E-state index in [1.807, 2.05) is 26.0 Å². The van der Waals surface area contributed by atoms with Crippen LogP contribution >= 0.6 is 0 Å². The maximum absolute atomic E-state index is 11.7. The van der Waals surface area contributed by atoms with E-state index in [4.69, 9.17) is 4.42 Å². The SMILES string of the molecule is CCc1ccc([C@@H](C)NC[C@H]2CCCS2(=O)=O)o1. The van der Waals surface area contributed by atoms with Crippen LogP contribution in [0.5, 0.6) is 0 Å². The number of nitrogens with one attached hydrogen (secondary N) is 1. The molecule has 1 aliphatic heterocycles. The monoisotopic (exact) mass is 271 g/mol. The number of rotatable bonds is 5. The second-order valence-electron chi connectivity index (χ2n) is 4.92. The van der Waals surface area contributed by atoms with E-state index in [9.17, 15) is 8.42 Å². The van der Waals surface area contributed by atoms with Crippen LogP contribution in [0.1, 0.15) is 44.3 Å². The minimum Gasteiger partial charge on any atom is -0.464 e. The topological polar surface area (TPSA) is 59.3 Å². The summed E-state index contributed by atoms with van der Waals surface area (Å²) >= 11 is 0. The van der Waals surface area contributed by atoms with Gasteiger partial charge in [0.25, 0.3) is 0 Å². The lowest BCUT2D eigenvalue weighted by Crippen LogP contribution is -2.32. The molecule has 4 nitrogen and oxygen atoms in total. The van der Waals surface area contributed by atoms with Crippen molar-refractivity contribution in [2.24, 2.45) is 0 Å². The van der Waals surface area contributed by atoms with Gasteiger partial charge in [-0.25, -0.2) is 8.42 Å². The van der Waals surface area contributed by atoms with Crippen LogP contribution in [0, 0.1) is 0 Å². The lowest BCUT2D eigenvalue weighted by molar-refractivity contribution is 0.407. The molecule has 102 valence electrons. The molecule has 0 radical (unpaired) electrons. The summed E-state index contributed by atoms with van der Waals surface area (Å²) in [4.78, 5) is 0. The van der Waals surface area contributed by atoms with E-state index in [-0.39, 0.29) is 11.3 Å². The molecule has 0 aromatic carbocycles. The van der Waals surface area contributed by atoms with Gasteiger partial charge < -0.3 is 9.73 Å². The zero-order valence-electron chi connectivity index (χ0n) is 11.0. The van der Waals surface area contributed by atoms with Crippen LogP contribution in [0.25, 0.3) is 0 Å². The molecular formula is C13H21NO3S. The van der Waals surface area contributed by atoms with Crippen LogP contribution in [0.2, 0.25) is 0 Å². The molecule has 18 heavy (non-hydrogen) atoms. The first-order valence-corrected chi connectivity index (χ1v) is 8.28. The van der Waals surface area contributed by atoms with Gasteiger partial charge in [0.05, 0.1) is 17.0 Å². The highest BCUT2D eigenvalue weighted by Gasteiger charge is 2.31. The van der Waals surface area contributed by atoms with Crippen LogP contribution in [-0.2, 0) is 16.3 Å². The van der Waals surface area contributed by atoms with Gasteiger partial charge in [-0.3, -0.25) is 0 Å². The van der Waals surface area contributed by atoms with Gasteiger partial charge in [-0.15, -0.1) is 0 Å². The van der Waals surface area contributed by atoms with Crippen molar-refractivity contribution in [1.82, 2.24) is 5.32 Å². The first-order chi connectivity index (χ1) is 8.53. The fourth-order valence-corrected chi connectivity index (χ4v) is 4.09. The normalized spacial score (nSPS) is 24.2. The summed E-state index contributed by atoms with van der Waals surface area (Å²) in [7, 11) is -2.86. The van der Waals surface area contributed by atoms with E-state index < -0.39 is 9.84 Å². The Morgan fingerprint density at radius 3 is 2.83 bits per heavy atom. The molecule has 1 fully saturated rings. The minimum absolute atomic E-state index is 0.0566. The predicted octanol–water partition coefficient (Wildman–Crippen LogP) is 2.07. The average Bonchev–Trinajstić information content (AvgIpc) is 2.92. The first kappa shape index (κ1) is 13.6. The Kier molecular flexibility index (Phi) is 4.12. The molecule has 0 amide bonds. The predicted molar refractivity (Wildman–Crippen MR) is 71.3 cm³/mol. The Balaban J connectivity index is 1.90. The van der Waals surface area contributed by atoms with Gasteiger partial charge in [-0.05, 0) is 31.9 Å². The molecule has 0 saturated carbocycles. The standard InChI is InChI=1S/C13H21NO3S/c1-3-11-6-7-13(17-11)10(2)14-9-12-5-4-8-18(12,15)16/h6-7,10,12,14H,3-5,8-9H2,1-2H3/t10-,12-/m1/s1. The molecule has 2 atom stereocenters. The molecule has 0 unspecified atom stereocenters. The number of hydrogen-bond donors (Lipinski definition) is 1. The van der Waals surface area contributed by atoms with Gasteiger partial charge >= 0.3 is 0 Å². The van der Waals surface area contributed by atoms with E-state index in [0.29, 0.717) is 12.3 Å². The largest absolute Gasteiger partial charge is 0.464 e. The highest BCUT2D eigenvalue weighted by Crippen LogP contribution is 2.21. The maximum Gasteiger partial charge on any atom is 0.154 e. The molecule has 0 spiro atoms. The number of aryl methyl sites for hydroxylation is 1. The van der Waals surface area contributed by atoms with Crippen molar-refractivity contribution < 1.29 is 12.8 Å². The first-order valence-electron chi connectivity index (χ1n) is 6.56. The zero-order chi connectivity index (χ0) is 13.2. The fourth-order valence-electron chi connectivity index (χ4n) is 2.31. The van der Waals surface area contributed by atoms with Crippen LogP contribution in [-0.4, -0.2) is 26.0 Å². The Labute approximate surface area is 109 Å². The van der Waals surface area contributed by atoms with Crippen molar-refractivity contribution in [3.63, 3.8) is 0 Å². The van der Waals surface area contributed by atoms with Gasteiger partial charge in [0.15, 0.2) is 9.84 Å². The molecule has 1 saturated heterocycles. The summed E-state index contributed by atoms with van der Waals surface area (Å²) in [6.07, 6.45) is 2.45. The Bertz CT molecular complexity index is 492. The number of hydrogen-bond acceptors (Lipinski definition) is 4. The lowest BCUT2D eigenvalue weighted by Gasteiger charge is -2.15. The van der Waals surface area contributed by atoms with Crippen molar-refractivity contribution in [1.29, 1.82) is 0 Å². The van der Waals surface area contributed by atoms with E-state index in [2.05, 4.69) is 5.32 Å². The molecule has 1 N–H and O–H groups in total. The molecule has 2 rings (SSSR count). The summed E-state index contributed by atoms with van der Waals surface area (Å²) in [6, 6.07) is 3.99. The average molecular weight is 271 g/mol. The summed E-state index contributed by atoms with van der Waals surface area (Å²) < 4.78 is 29.0. The molecule has 1 aromatic rings.